The van der Waals surface area contributed by atoms with Crippen LogP contribution in [0.2, 0.25) is 5.02 Å². The van der Waals surface area contributed by atoms with Crippen LogP contribution in [0.4, 0.5) is 0 Å². The second-order valence-electron chi connectivity index (χ2n) is 6.62. The van der Waals surface area contributed by atoms with E-state index >= 15 is 0 Å². The van der Waals surface area contributed by atoms with Crippen molar-refractivity contribution in [3.63, 3.8) is 0 Å². The molecule has 7 heteroatoms. The Morgan fingerprint density at radius 3 is 2.93 bits per heavy atom. The maximum Gasteiger partial charge on any atom is 0.251 e. The molecule has 27 heavy (non-hydrogen) atoms. The number of halogens is 1. The molecule has 0 aliphatic carbocycles. The first-order valence-electron chi connectivity index (χ1n) is 8.94. The number of benzene rings is 2. The number of rotatable bonds is 5. The van der Waals surface area contributed by atoms with Crippen molar-refractivity contribution in [3.05, 3.63) is 58.6 Å². The van der Waals surface area contributed by atoms with Gasteiger partial charge in [-0.2, -0.15) is 0 Å². The number of nitrogens with zero attached hydrogens (tertiary/aromatic N) is 1. The lowest BCUT2D eigenvalue weighted by molar-refractivity contribution is -0.0292. The molecule has 2 aromatic rings. The third-order valence-electron chi connectivity index (χ3n) is 4.65. The van der Waals surface area contributed by atoms with Gasteiger partial charge in [-0.05, 0) is 17.7 Å². The first kappa shape index (κ1) is 18.1. The Balaban J connectivity index is 1.32. The van der Waals surface area contributed by atoms with Crippen LogP contribution in [0.15, 0.2) is 42.5 Å². The molecule has 1 saturated heterocycles. The highest BCUT2D eigenvalue weighted by molar-refractivity contribution is 6.32. The average molecular weight is 389 g/mol. The number of ether oxygens (including phenoxy) is 3. The molecule has 6 nitrogen and oxygen atoms in total. The Hall–Kier alpha value is -2.28. The van der Waals surface area contributed by atoms with E-state index in [1.165, 1.54) is 5.56 Å². The fourth-order valence-corrected chi connectivity index (χ4v) is 3.56. The lowest BCUT2D eigenvalue weighted by atomic mass is 10.1. The SMILES string of the molecule is O=C(NCC1CN(Cc2ccccc2)CCO1)c1cc(Cl)c2c(c1)OCO2. The number of morpholine rings is 1. The maximum absolute atomic E-state index is 12.5. The van der Waals surface area contributed by atoms with Gasteiger partial charge in [0.1, 0.15) is 0 Å². The van der Waals surface area contributed by atoms with Crippen molar-refractivity contribution < 1.29 is 19.0 Å². The van der Waals surface area contributed by atoms with E-state index in [-0.39, 0.29) is 18.8 Å². The topological polar surface area (TPSA) is 60.0 Å². The van der Waals surface area contributed by atoms with Crippen LogP contribution in [-0.2, 0) is 11.3 Å². The molecule has 1 fully saturated rings. The third kappa shape index (κ3) is 4.35. The van der Waals surface area contributed by atoms with E-state index in [0.29, 0.717) is 35.2 Å². The van der Waals surface area contributed by atoms with Gasteiger partial charge in [-0.1, -0.05) is 41.9 Å². The largest absolute Gasteiger partial charge is 0.454 e. The molecular formula is C20H21ClN2O4. The summed E-state index contributed by atoms with van der Waals surface area (Å²) < 4.78 is 16.4. The number of hydrogen-bond donors (Lipinski definition) is 1. The summed E-state index contributed by atoms with van der Waals surface area (Å²) in [7, 11) is 0. The van der Waals surface area contributed by atoms with Gasteiger partial charge in [0.25, 0.3) is 5.91 Å². The van der Waals surface area contributed by atoms with E-state index in [1.54, 1.807) is 12.1 Å². The molecule has 0 radical (unpaired) electrons. The normalized spacial score (nSPS) is 19.1. The Bertz CT molecular complexity index is 815. The highest BCUT2D eigenvalue weighted by Crippen LogP contribution is 2.39. The van der Waals surface area contributed by atoms with E-state index in [4.69, 9.17) is 25.8 Å². The molecule has 1 unspecified atom stereocenters. The summed E-state index contributed by atoms with van der Waals surface area (Å²) in [5.41, 5.74) is 1.72. The summed E-state index contributed by atoms with van der Waals surface area (Å²) in [6, 6.07) is 13.6. The fraction of sp³-hybridized carbons (Fsp3) is 0.350. The summed E-state index contributed by atoms with van der Waals surface area (Å²) in [5.74, 6) is 0.773. The summed E-state index contributed by atoms with van der Waals surface area (Å²) in [6.07, 6.45) is -0.0455. The number of amides is 1. The van der Waals surface area contributed by atoms with Crippen LogP contribution in [0, 0.1) is 0 Å². The van der Waals surface area contributed by atoms with Crippen LogP contribution in [0.1, 0.15) is 15.9 Å². The van der Waals surface area contributed by atoms with Crippen molar-refractivity contribution in [2.24, 2.45) is 0 Å². The fourth-order valence-electron chi connectivity index (χ4n) is 3.30. The molecule has 0 saturated carbocycles. The quantitative estimate of drug-likeness (QED) is 0.853. The van der Waals surface area contributed by atoms with Crippen LogP contribution in [0.5, 0.6) is 11.5 Å². The van der Waals surface area contributed by atoms with Crippen LogP contribution < -0.4 is 14.8 Å². The monoisotopic (exact) mass is 388 g/mol. The number of hydrogen-bond acceptors (Lipinski definition) is 5. The van der Waals surface area contributed by atoms with Gasteiger partial charge in [-0.15, -0.1) is 0 Å². The highest BCUT2D eigenvalue weighted by Gasteiger charge is 2.23. The lowest BCUT2D eigenvalue weighted by Gasteiger charge is -2.33. The van der Waals surface area contributed by atoms with Crippen molar-refractivity contribution in [1.29, 1.82) is 0 Å². The van der Waals surface area contributed by atoms with E-state index in [1.807, 2.05) is 18.2 Å². The Morgan fingerprint density at radius 2 is 2.07 bits per heavy atom. The predicted molar refractivity (Wildman–Crippen MR) is 101 cm³/mol. The Kier molecular flexibility index (Phi) is 5.48. The van der Waals surface area contributed by atoms with Crippen molar-refractivity contribution in [2.75, 3.05) is 33.0 Å². The number of carbonyl (C=O) groups is 1. The third-order valence-corrected chi connectivity index (χ3v) is 4.93. The van der Waals surface area contributed by atoms with Gasteiger partial charge >= 0.3 is 0 Å². The smallest absolute Gasteiger partial charge is 0.251 e. The zero-order valence-electron chi connectivity index (χ0n) is 14.8. The summed E-state index contributed by atoms with van der Waals surface area (Å²) in [4.78, 5) is 14.8. The maximum atomic E-state index is 12.5. The molecule has 0 spiro atoms. The minimum absolute atomic E-state index is 0.0455. The van der Waals surface area contributed by atoms with Crippen LogP contribution >= 0.6 is 11.6 Å². The van der Waals surface area contributed by atoms with Crippen LogP contribution in [-0.4, -0.2) is 49.9 Å². The standard InChI is InChI=1S/C20H21ClN2O4/c21-17-8-15(9-18-19(17)27-13-26-18)20(24)22-10-16-12-23(6-7-25-16)11-14-4-2-1-3-5-14/h1-5,8-9,16H,6-7,10-13H2,(H,22,24). The molecule has 4 rings (SSSR count). The van der Waals surface area contributed by atoms with Gasteiger partial charge in [0.2, 0.25) is 6.79 Å². The first-order valence-corrected chi connectivity index (χ1v) is 9.32. The van der Waals surface area contributed by atoms with Crippen LogP contribution in [0.25, 0.3) is 0 Å². The van der Waals surface area contributed by atoms with Gasteiger partial charge < -0.3 is 19.5 Å². The number of nitrogens with one attached hydrogen (secondary N) is 1. The zero-order chi connectivity index (χ0) is 18.6. The minimum Gasteiger partial charge on any atom is -0.454 e. The van der Waals surface area contributed by atoms with E-state index in [2.05, 4.69) is 22.3 Å². The van der Waals surface area contributed by atoms with Crippen molar-refractivity contribution in [1.82, 2.24) is 10.2 Å². The predicted octanol–water partition coefficient (Wildman–Crippen LogP) is 2.70. The second-order valence-corrected chi connectivity index (χ2v) is 7.02. The molecule has 0 aromatic heterocycles. The van der Waals surface area contributed by atoms with E-state index < -0.39 is 0 Å². The highest BCUT2D eigenvalue weighted by atomic mass is 35.5. The molecule has 2 aliphatic heterocycles. The molecule has 2 aliphatic rings. The molecule has 0 bridgehead atoms. The molecular weight excluding hydrogens is 368 g/mol. The summed E-state index contributed by atoms with van der Waals surface area (Å²) in [5, 5.41) is 3.30. The lowest BCUT2D eigenvalue weighted by Crippen LogP contribution is -2.47. The van der Waals surface area contributed by atoms with Gasteiger partial charge in [0.05, 0.1) is 17.7 Å². The minimum atomic E-state index is -0.209. The van der Waals surface area contributed by atoms with Crippen LogP contribution in [0.3, 0.4) is 0 Å². The van der Waals surface area contributed by atoms with E-state index in [0.717, 1.165) is 19.6 Å². The van der Waals surface area contributed by atoms with E-state index in [9.17, 15) is 4.79 Å². The Morgan fingerprint density at radius 1 is 1.22 bits per heavy atom. The molecule has 1 N–H and O–H groups in total. The van der Waals surface area contributed by atoms with Gasteiger partial charge in [0.15, 0.2) is 11.5 Å². The second kappa shape index (κ2) is 8.17. The summed E-state index contributed by atoms with van der Waals surface area (Å²) in [6.45, 7) is 3.76. The molecule has 1 amide bonds. The molecule has 1 atom stereocenters. The first-order chi connectivity index (χ1) is 13.2. The molecule has 2 aromatic carbocycles. The molecule has 142 valence electrons. The Labute approximate surface area is 163 Å². The number of fused-ring (bicyclic) bond motifs is 1. The average Bonchev–Trinajstić information content (AvgIpc) is 3.16. The zero-order valence-corrected chi connectivity index (χ0v) is 15.6. The molecule has 2 heterocycles. The van der Waals surface area contributed by atoms with Crippen molar-refractivity contribution >= 4 is 17.5 Å². The van der Waals surface area contributed by atoms with Gasteiger partial charge in [-0.3, -0.25) is 9.69 Å². The van der Waals surface area contributed by atoms with Gasteiger partial charge in [0, 0.05) is 31.7 Å². The van der Waals surface area contributed by atoms with Crippen molar-refractivity contribution in [3.8, 4) is 11.5 Å². The van der Waals surface area contributed by atoms with Crippen molar-refractivity contribution in [2.45, 2.75) is 12.6 Å². The number of carbonyl (C=O) groups excluding carboxylic acids is 1. The summed E-state index contributed by atoms with van der Waals surface area (Å²) >= 11 is 6.15. The van der Waals surface area contributed by atoms with Gasteiger partial charge in [-0.25, -0.2) is 0 Å².